The minimum atomic E-state index is 0.347. The summed E-state index contributed by atoms with van der Waals surface area (Å²) in [5.41, 5.74) is 6.41. The van der Waals surface area contributed by atoms with Gasteiger partial charge in [0.2, 0.25) is 0 Å². The Balaban J connectivity index is 2.70. The summed E-state index contributed by atoms with van der Waals surface area (Å²) in [5.74, 6) is 0.615. The summed E-state index contributed by atoms with van der Waals surface area (Å²) in [6.07, 6.45) is 0.805. The zero-order valence-electron chi connectivity index (χ0n) is 9.13. The number of benzene rings is 1. The minimum Gasteiger partial charge on any atom is -0.492 e. The number of rotatable bonds is 6. The Kier molecular flexibility index (Phi) is 5.91. The molecule has 0 aliphatic rings. The fourth-order valence-electron chi connectivity index (χ4n) is 1.30. The average Bonchev–Trinajstić information content (AvgIpc) is 2.26. The van der Waals surface area contributed by atoms with Crippen molar-refractivity contribution in [2.45, 2.75) is 13.0 Å². The molecule has 1 aromatic rings. The van der Waals surface area contributed by atoms with Crippen LogP contribution in [-0.2, 0) is 11.3 Å². The molecule has 0 aliphatic heterocycles. The predicted octanol–water partition coefficient (Wildman–Crippen LogP) is 2.87. The van der Waals surface area contributed by atoms with Gasteiger partial charge in [-0.3, -0.25) is 0 Å². The van der Waals surface area contributed by atoms with Gasteiger partial charge in [0.25, 0.3) is 0 Å². The Morgan fingerprint density at radius 3 is 2.62 bits per heavy atom. The van der Waals surface area contributed by atoms with Gasteiger partial charge in [0, 0.05) is 37.3 Å². The standard InChI is InChI=1S/C11H15Cl2NO2/c1-15-3-2-4-16-11-8(7-14)5-9(12)6-10(11)13/h5-6H,2-4,7,14H2,1H3. The molecule has 0 spiro atoms. The largest absolute Gasteiger partial charge is 0.492 e. The summed E-state index contributed by atoms with van der Waals surface area (Å²) in [5, 5.41) is 1.06. The molecule has 1 rings (SSSR count). The van der Waals surface area contributed by atoms with Crippen molar-refractivity contribution in [3.63, 3.8) is 0 Å². The van der Waals surface area contributed by atoms with Crippen molar-refractivity contribution in [3.8, 4) is 5.75 Å². The van der Waals surface area contributed by atoms with Crippen molar-refractivity contribution >= 4 is 23.2 Å². The number of hydrogen-bond donors (Lipinski definition) is 1. The van der Waals surface area contributed by atoms with E-state index in [9.17, 15) is 0 Å². The van der Waals surface area contributed by atoms with E-state index in [1.807, 2.05) is 0 Å². The molecule has 0 heterocycles. The van der Waals surface area contributed by atoms with Crippen LogP contribution in [0.2, 0.25) is 10.0 Å². The van der Waals surface area contributed by atoms with Crippen LogP contribution in [0.25, 0.3) is 0 Å². The fraction of sp³-hybridized carbons (Fsp3) is 0.455. The maximum atomic E-state index is 6.03. The van der Waals surface area contributed by atoms with Gasteiger partial charge in [0.15, 0.2) is 0 Å². The van der Waals surface area contributed by atoms with E-state index in [2.05, 4.69) is 0 Å². The third-order valence-corrected chi connectivity index (χ3v) is 2.54. The SMILES string of the molecule is COCCCOc1c(Cl)cc(Cl)cc1CN. The first-order valence-corrected chi connectivity index (χ1v) is 5.74. The second-order valence-electron chi connectivity index (χ2n) is 3.27. The second kappa shape index (κ2) is 6.97. The lowest BCUT2D eigenvalue weighted by atomic mass is 10.2. The van der Waals surface area contributed by atoms with Crippen LogP contribution in [0.3, 0.4) is 0 Å². The van der Waals surface area contributed by atoms with Crippen molar-refractivity contribution in [3.05, 3.63) is 27.7 Å². The molecule has 0 aliphatic carbocycles. The molecule has 16 heavy (non-hydrogen) atoms. The van der Waals surface area contributed by atoms with Gasteiger partial charge in [0.05, 0.1) is 11.6 Å². The Morgan fingerprint density at radius 2 is 2.00 bits per heavy atom. The third kappa shape index (κ3) is 3.83. The first kappa shape index (κ1) is 13.6. The molecule has 0 saturated carbocycles. The van der Waals surface area contributed by atoms with Crippen LogP contribution in [-0.4, -0.2) is 20.3 Å². The van der Waals surface area contributed by atoms with E-state index in [0.717, 1.165) is 12.0 Å². The summed E-state index contributed by atoms with van der Waals surface area (Å²) in [4.78, 5) is 0. The molecule has 0 amide bonds. The first-order chi connectivity index (χ1) is 7.69. The Labute approximate surface area is 105 Å². The molecule has 3 nitrogen and oxygen atoms in total. The quantitative estimate of drug-likeness (QED) is 0.803. The highest BCUT2D eigenvalue weighted by molar-refractivity contribution is 6.35. The van der Waals surface area contributed by atoms with E-state index in [4.69, 9.17) is 38.4 Å². The Morgan fingerprint density at radius 1 is 1.25 bits per heavy atom. The van der Waals surface area contributed by atoms with Crippen LogP contribution in [0, 0.1) is 0 Å². The maximum absolute atomic E-state index is 6.03. The Hall–Kier alpha value is -0.480. The molecular formula is C11H15Cl2NO2. The molecular weight excluding hydrogens is 249 g/mol. The van der Waals surface area contributed by atoms with E-state index in [1.54, 1.807) is 19.2 Å². The van der Waals surface area contributed by atoms with Crippen LogP contribution >= 0.6 is 23.2 Å². The van der Waals surface area contributed by atoms with Crippen molar-refractivity contribution in [1.82, 2.24) is 0 Å². The summed E-state index contributed by atoms with van der Waals surface area (Å²) >= 11 is 11.9. The molecule has 1 aromatic carbocycles. The van der Waals surface area contributed by atoms with Crippen molar-refractivity contribution in [2.24, 2.45) is 5.73 Å². The number of halogens is 2. The van der Waals surface area contributed by atoms with Gasteiger partial charge >= 0.3 is 0 Å². The molecule has 0 fully saturated rings. The summed E-state index contributed by atoms with van der Waals surface area (Å²) in [6, 6.07) is 3.41. The van der Waals surface area contributed by atoms with Gasteiger partial charge in [-0.2, -0.15) is 0 Å². The molecule has 0 radical (unpaired) electrons. The average molecular weight is 264 g/mol. The predicted molar refractivity (Wildman–Crippen MR) is 66.3 cm³/mol. The monoisotopic (exact) mass is 263 g/mol. The lowest BCUT2D eigenvalue weighted by Crippen LogP contribution is -2.06. The van der Waals surface area contributed by atoms with Gasteiger partial charge in [-0.25, -0.2) is 0 Å². The number of ether oxygens (including phenoxy) is 2. The molecule has 0 atom stereocenters. The van der Waals surface area contributed by atoms with E-state index >= 15 is 0 Å². The van der Waals surface area contributed by atoms with E-state index in [-0.39, 0.29) is 0 Å². The van der Waals surface area contributed by atoms with E-state index < -0.39 is 0 Å². The number of nitrogens with two attached hydrogens (primary N) is 1. The summed E-state index contributed by atoms with van der Waals surface area (Å²) in [6.45, 7) is 1.55. The normalized spacial score (nSPS) is 10.5. The molecule has 0 unspecified atom stereocenters. The van der Waals surface area contributed by atoms with Crippen molar-refractivity contribution in [2.75, 3.05) is 20.3 Å². The lowest BCUT2D eigenvalue weighted by Gasteiger charge is -2.12. The highest BCUT2D eigenvalue weighted by Gasteiger charge is 2.09. The fourth-order valence-corrected chi connectivity index (χ4v) is 1.89. The topological polar surface area (TPSA) is 44.5 Å². The van der Waals surface area contributed by atoms with Crippen LogP contribution in [0.15, 0.2) is 12.1 Å². The zero-order valence-corrected chi connectivity index (χ0v) is 10.6. The third-order valence-electron chi connectivity index (χ3n) is 2.04. The van der Waals surface area contributed by atoms with Crippen LogP contribution in [0.5, 0.6) is 5.75 Å². The van der Waals surface area contributed by atoms with Gasteiger partial charge in [-0.05, 0) is 12.1 Å². The highest BCUT2D eigenvalue weighted by atomic mass is 35.5. The van der Waals surface area contributed by atoms with Gasteiger partial charge in [-0.15, -0.1) is 0 Å². The van der Waals surface area contributed by atoms with Crippen LogP contribution in [0.4, 0.5) is 0 Å². The number of hydrogen-bond acceptors (Lipinski definition) is 3. The summed E-state index contributed by atoms with van der Waals surface area (Å²) in [7, 11) is 1.65. The van der Waals surface area contributed by atoms with Gasteiger partial charge < -0.3 is 15.2 Å². The smallest absolute Gasteiger partial charge is 0.142 e. The lowest BCUT2D eigenvalue weighted by molar-refractivity contribution is 0.172. The van der Waals surface area contributed by atoms with Gasteiger partial charge in [0.1, 0.15) is 5.75 Å². The van der Waals surface area contributed by atoms with Crippen molar-refractivity contribution in [1.29, 1.82) is 0 Å². The minimum absolute atomic E-state index is 0.347. The second-order valence-corrected chi connectivity index (χ2v) is 4.12. The first-order valence-electron chi connectivity index (χ1n) is 4.98. The maximum Gasteiger partial charge on any atom is 0.142 e. The highest BCUT2D eigenvalue weighted by Crippen LogP contribution is 2.32. The molecule has 0 bridgehead atoms. The van der Waals surface area contributed by atoms with E-state index in [0.29, 0.717) is 35.6 Å². The van der Waals surface area contributed by atoms with Crippen LogP contribution in [0.1, 0.15) is 12.0 Å². The Bertz CT molecular complexity index is 345. The van der Waals surface area contributed by atoms with Gasteiger partial charge in [-0.1, -0.05) is 23.2 Å². The molecule has 5 heteroatoms. The van der Waals surface area contributed by atoms with E-state index in [1.165, 1.54) is 0 Å². The van der Waals surface area contributed by atoms with Crippen LogP contribution < -0.4 is 10.5 Å². The molecule has 2 N–H and O–H groups in total. The summed E-state index contributed by atoms with van der Waals surface area (Å²) < 4.78 is 10.5. The molecule has 90 valence electrons. The zero-order chi connectivity index (χ0) is 12.0. The molecule has 0 saturated heterocycles. The van der Waals surface area contributed by atoms with Crippen molar-refractivity contribution < 1.29 is 9.47 Å². The molecule has 0 aromatic heterocycles. The number of methoxy groups -OCH3 is 1.